The largest absolute Gasteiger partial charge is 0.469 e. The SMILES string of the molecule is CCCCC(CNC(=O)OC(C)(C)C)NC(=NCCC(=O)OC)NCC. The Kier molecular flexibility index (Phi) is 12.2. The molecule has 0 aliphatic rings. The Morgan fingerprint density at radius 1 is 1.15 bits per heavy atom. The third-order valence-corrected chi connectivity index (χ3v) is 3.30. The molecule has 0 spiro atoms. The molecule has 1 amide bonds. The fraction of sp³-hybridized carbons (Fsp3) is 0.833. The molecule has 8 heteroatoms. The maximum absolute atomic E-state index is 11.9. The van der Waals surface area contributed by atoms with Crippen LogP contribution in [0.15, 0.2) is 4.99 Å². The number of amides is 1. The summed E-state index contributed by atoms with van der Waals surface area (Å²) in [5, 5.41) is 9.26. The standard InChI is InChI=1S/C18H36N4O4/c1-7-9-10-14(13-21-17(24)26-18(3,4)5)22-16(19-8-2)20-12-11-15(23)25-6/h14H,7-13H2,1-6H3,(H,21,24)(H2,19,20,22). The monoisotopic (exact) mass is 372 g/mol. The topological polar surface area (TPSA) is 101 Å². The van der Waals surface area contributed by atoms with Crippen molar-refractivity contribution in [2.45, 2.75) is 71.9 Å². The highest BCUT2D eigenvalue weighted by atomic mass is 16.6. The summed E-state index contributed by atoms with van der Waals surface area (Å²) in [5.74, 6) is 0.321. The summed E-state index contributed by atoms with van der Waals surface area (Å²) >= 11 is 0. The zero-order valence-electron chi connectivity index (χ0n) is 17.1. The molecule has 0 aromatic heterocycles. The molecule has 1 atom stereocenters. The lowest BCUT2D eigenvalue weighted by atomic mass is 10.1. The molecule has 0 aromatic rings. The van der Waals surface area contributed by atoms with Crippen molar-refractivity contribution in [1.29, 1.82) is 0 Å². The molecule has 0 bridgehead atoms. The Labute approximate surface area is 157 Å². The third-order valence-electron chi connectivity index (χ3n) is 3.30. The molecule has 152 valence electrons. The van der Waals surface area contributed by atoms with E-state index in [1.807, 2.05) is 27.7 Å². The van der Waals surface area contributed by atoms with Crippen molar-refractivity contribution in [2.75, 3.05) is 26.7 Å². The first-order chi connectivity index (χ1) is 12.2. The first-order valence-corrected chi connectivity index (χ1v) is 9.30. The van der Waals surface area contributed by atoms with Gasteiger partial charge in [0.2, 0.25) is 0 Å². The summed E-state index contributed by atoms with van der Waals surface area (Å²) in [6, 6.07) is 0.0124. The van der Waals surface area contributed by atoms with Crippen molar-refractivity contribution in [3.8, 4) is 0 Å². The lowest BCUT2D eigenvalue weighted by Crippen LogP contribution is -2.49. The second kappa shape index (κ2) is 13.2. The smallest absolute Gasteiger partial charge is 0.407 e. The number of rotatable bonds is 10. The minimum absolute atomic E-state index is 0.0124. The number of guanidine groups is 1. The average Bonchev–Trinajstić information content (AvgIpc) is 2.55. The van der Waals surface area contributed by atoms with Crippen LogP contribution in [0.5, 0.6) is 0 Å². The number of carbonyl (C=O) groups excluding carboxylic acids is 2. The number of nitrogens with one attached hydrogen (secondary N) is 3. The van der Waals surface area contributed by atoms with Gasteiger partial charge in [-0.05, 0) is 34.1 Å². The van der Waals surface area contributed by atoms with Crippen LogP contribution in [-0.4, -0.2) is 56.4 Å². The van der Waals surface area contributed by atoms with Crippen LogP contribution >= 0.6 is 0 Å². The highest BCUT2D eigenvalue weighted by molar-refractivity contribution is 5.80. The van der Waals surface area contributed by atoms with E-state index in [-0.39, 0.29) is 18.4 Å². The van der Waals surface area contributed by atoms with Gasteiger partial charge < -0.3 is 25.4 Å². The Hall–Kier alpha value is -1.99. The van der Waals surface area contributed by atoms with E-state index in [2.05, 4.69) is 32.6 Å². The van der Waals surface area contributed by atoms with Gasteiger partial charge >= 0.3 is 12.1 Å². The summed E-state index contributed by atoms with van der Waals surface area (Å²) in [7, 11) is 1.36. The highest BCUT2D eigenvalue weighted by Crippen LogP contribution is 2.07. The van der Waals surface area contributed by atoms with Gasteiger partial charge in [0, 0.05) is 19.1 Å². The molecule has 0 saturated carbocycles. The van der Waals surface area contributed by atoms with Crippen molar-refractivity contribution in [1.82, 2.24) is 16.0 Å². The summed E-state index contributed by atoms with van der Waals surface area (Å²) in [5.41, 5.74) is -0.527. The maximum Gasteiger partial charge on any atom is 0.407 e. The van der Waals surface area contributed by atoms with Crippen molar-refractivity contribution in [3.63, 3.8) is 0 Å². The molecule has 0 aliphatic carbocycles. The molecule has 3 N–H and O–H groups in total. The van der Waals surface area contributed by atoms with Gasteiger partial charge in [-0.3, -0.25) is 9.79 Å². The Morgan fingerprint density at radius 2 is 1.85 bits per heavy atom. The number of alkyl carbamates (subject to hydrolysis) is 1. The molecule has 0 saturated heterocycles. The molecule has 0 heterocycles. The molecule has 8 nitrogen and oxygen atoms in total. The predicted molar refractivity (Wildman–Crippen MR) is 103 cm³/mol. The minimum atomic E-state index is -0.527. The molecule has 0 rings (SSSR count). The van der Waals surface area contributed by atoms with Crippen LogP contribution in [0.25, 0.3) is 0 Å². The molecular weight excluding hydrogens is 336 g/mol. The van der Waals surface area contributed by atoms with Crippen LogP contribution in [0, 0.1) is 0 Å². The lowest BCUT2D eigenvalue weighted by molar-refractivity contribution is -0.140. The van der Waals surface area contributed by atoms with Gasteiger partial charge in [-0.25, -0.2) is 4.79 Å². The van der Waals surface area contributed by atoms with Crippen molar-refractivity contribution in [3.05, 3.63) is 0 Å². The number of hydrogen-bond donors (Lipinski definition) is 3. The molecule has 26 heavy (non-hydrogen) atoms. The summed E-state index contributed by atoms with van der Waals surface area (Å²) in [6.07, 6.45) is 2.75. The third kappa shape index (κ3) is 13.3. The fourth-order valence-corrected chi connectivity index (χ4v) is 2.07. The van der Waals surface area contributed by atoms with Gasteiger partial charge in [0.1, 0.15) is 5.60 Å². The normalized spacial score (nSPS) is 12.9. The van der Waals surface area contributed by atoms with E-state index in [1.54, 1.807) is 0 Å². The Bertz CT molecular complexity index is 447. The van der Waals surface area contributed by atoms with E-state index < -0.39 is 11.7 Å². The average molecular weight is 373 g/mol. The number of nitrogens with zero attached hydrogens (tertiary/aromatic N) is 1. The van der Waals surface area contributed by atoms with E-state index in [4.69, 9.17) is 4.74 Å². The maximum atomic E-state index is 11.9. The first kappa shape index (κ1) is 24.0. The van der Waals surface area contributed by atoms with Gasteiger partial charge in [-0.1, -0.05) is 19.8 Å². The summed E-state index contributed by atoms with van der Waals surface area (Å²) in [4.78, 5) is 27.5. The van der Waals surface area contributed by atoms with Gasteiger partial charge in [-0.15, -0.1) is 0 Å². The van der Waals surface area contributed by atoms with E-state index in [0.717, 1.165) is 19.3 Å². The number of aliphatic imine (C=N–C) groups is 1. The molecule has 0 aromatic carbocycles. The Morgan fingerprint density at radius 3 is 2.38 bits per heavy atom. The van der Waals surface area contributed by atoms with Crippen LogP contribution in [-0.2, 0) is 14.3 Å². The van der Waals surface area contributed by atoms with Crippen LogP contribution < -0.4 is 16.0 Å². The predicted octanol–water partition coefficient (Wildman–Crippen LogP) is 2.19. The van der Waals surface area contributed by atoms with E-state index in [9.17, 15) is 9.59 Å². The van der Waals surface area contributed by atoms with Gasteiger partial charge in [0.15, 0.2) is 5.96 Å². The second-order valence-electron chi connectivity index (χ2n) is 6.95. The van der Waals surface area contributed by atoms with Crippen LogP contribution in [0.2, 0.25) is 0 Å². The number of hydrogen-bond acceptors (Lipinski definition) is 5. The number of ether oxygens (including phenoxy) is 2. The second-order valence-corrected chi connectivity index (χ2v) is 6.95. The van der Waals surface area contributed by atoms with E-state index in [0.29, 0.717) is 25.6 Å². The van der Waals surface area contributed by atoms with Gasteiger partial charge in [0.25, 0.3) is 0 Å². The molecule has 0 fully saturated rings. The van der Waals surface area contributed by atoms with Gasteiger partial charge in [-0.2, -0.15) is 0 Å². The van der Waals surface area contributed by atoms with Crippen LogP contribution in [0.4, 0.5) is 4.79 Å². The molecule has 0 aliphatic heterocycles. The summed E-state index contributed by atoms with van der Waals surface area (Å²) in [6.45, 7) is 11.0. The Balaban J connectivity index is 4.71. The van der Waals surface area contributed by atoms with Crippen molar-refractivity contribution in [2.24, 2.45) is 4.99 Å². The number of methoxy groups -OCH3 is 1. The van der Waals surface area contributed by atoms with E-state index >= 15 is 0 Å². The van der Waals surface area contributed by atoms with Crippen LogP contribution in [0.3, 0.4) is 0 Å². The highest BCUT2D eigenvalue weighted by Gasteiger charge is 2.18. The number of esters is 1. The van der Waals surface area contributed by atoms with Crippen LogP contribution in [0.1, 0.15) is 60.3 Å². The minimum Gasteiger partial charge on any atom is -0.469 e. The van der Waals surface area contributed by atoms with E-state index in [1.165, 1.54) is 7.11 Å². The van der Waals surface area contributed by atoms with Crippen molar-refractivity contribution < 1.29 is 19.1 Å². The molecule has 1 unspecified atom stereocenters. The number of unbranched alkanes of at least 4 members (excludes halogenated alkanes) is 1. The zero-order chi connectivity index (χ0) is 20.0. The van der Waals surface area contributed by atoms with Gasteiger partial charge in [0.05, 0.1) is 20.1 Å². The van der Waals surface area contributed by atoms with Crippen molar-refractivity contribution >= 4 is 18.0 Å². The quantitative estimate of drug-likeness (QED) is 0.309. The molecular formula is C18H36N4O4. The first-order valence-electron chi connectivity index (χ1n) is 9.30. The fourth-order valence-electron chi connectivity index (χ4n) is 2.07. The summed E-state index contributed by atoms with van der Waals surface area (Å²) < 4.78 is 9.89. The lowest BCUT2D eigenvalue weighted by Gasteiger charge is -2.24. The zero-order valence-corrected chi connectivity index (χ0v) is 17.1. The number of carbonyl (C=O) groups is 2. The molecule has 0 radical (unpaired) electrons.